The van der Waals surface area contributed by atoms with Crippen LogP contribution in [-0.2, 0) is 41.7 Å². The number of fused-ring (bicyclic) bond motifs is 6. The Morgan fingerprint density at radius 2 is 1.36 bits per heavy atom. The molecule has 0 spiro atoms. The molecule has 13 nitrogen and oxygen atoms in total. The number of thiocarbonyl (C=S) groups is 1. The number of hydrogen-bond acceptors (Lipinski definition) is 13. The SMILES string of the molecule is N#C[S-].O=COc1ccnc(-c2cc(OC=O)ccn2)c1.Oc1cc(F)ccc1-c1nc2c3cccnc3c3ncccc3c2[nH]1.[N-]=C=S.[Ru+2]. The number of nitrogens with zero attached hydrogens (tertiary/aromatic N) is 7. The monoisotopic (exact) mass is 792 g/mol. The van der Waals surface area contributed by atoms with Crippen LogP contribution >= 0.6 is 12.2 Å². The second-order valence-corrected chi connectivity index (χ2v) is 9.50. The van der Waals surface area contributed by atoms with Crippen LogP contribution in [-0.4, -0.2) is 53.1 Å². The number of pyridine rings is 4. The van der Waals surface area contributed by atoms with Gasteiger partial charge in [0.25, 0.3) is 12.9 Å². The number of halogens is 1. The van der Waals surface area contributed by atoms with E-state index in [9.17, 15) is 19.1 Å². The van der Waals surface area contributed by atoms with Gasteiger partial charge in [-0.25, -0.2) is 14.6 Å². The van der Waals surface area contributed by atoms with Crippen molar-refractivity contribution in [2.75, 3.05) is 0 Å². The largest absolute Gasteiger partial charge is 2.00 e. The molecular weight excluding hydrogens is 773 g/mol. The van der Waals surface area contributed by atoms with Crippen LogP contribution in [0.5, 0.6) is 17.2 Å². The molecule has 0 fully saturated rings. The molecule has 0 unspecified atom stereocenters. The molecule has 0 bridgehead atoms. The van der Waals surface area contributed by atoms with Gasteiger partial charge in [-0.3, -0.25) is 29.5 Å². The van der Waals surface area contributed by atoms with Crippen molar-refractivity contribution in [1.82, 2.24) is 29.9 Å². The first-order valence-electron chi connectivity index (χ1n) is 13.5. The number of benzene rings is 2. The third-order valence-electron chi connectivity index (χ3n) is 6.38. The number of hydrogen-bond donors (Lipinski definition) is 2. The molecule has 7 aromatic rings. The number of nitriles is 1. The summed E-state index contributed by atoms with van der Waals surface area (Å²) < 4.78 is 22.7. The number of isothiocyanates is 1. The van der Waals surface area contributed by atoms with Crippen molar-refractivity contribution < 1.29 is 48.0 Å². The minimum atomic E-state index is -0.498. The van der Waals surface area contributed by atoms with Crippen LogP contribution in [0.25, 0.3) is 61.0 Å². The number of nitrogens with one attached hydrogen (secondary N) is 1. The zero-order chi connectivity index (χ0) is 35.2. The Balaban J connectivity index is 0.000000239. The summed E-state index contributed by atoms with van der Waals surface area (Å²) in [7, 11) is 0. The second-order valence-electron chi connectivity index (χ2n) is 9.13. The Labute approximate surface area is 305 Å². The predicted molar refractivity (Wildman–Crippen MR) is 184 cm³/mol. The van der Waals surface area contributed by atoms with Crippen LogP contribution in [0.2, 0.25) is 0 Å². The molecule has 2 aromatic carbocycles. The molecule has 5 aromatic heterocycles. The first kappa shape index (κ1) is 38.3. The molecule has 0 saturated heterocycles. The van der Waals surface area contributed by atoms with Crippen molar-refractivity contribution in [3.63, 3.8) is 0 Å². The average Bonchev–Trinajstić information content (AvgIpc) is 3.56. The second kappa shape index (κ2) is 19.0. The van der Waals surface area contributed by atoms with Gasteiger partial charge in [0.1, 0.15) is 28.9 Å². The van der Waals surface area contributed by atoms with Crippen molar-refractivity contribution in [2.24, 2.45) is 0 Å². The number of thiocyanates is 1. The van der Waals surface area contributed by atoms with Crippen LogP contribution in [0.3, 0.4) is 0 Å². The van der Waals surface area contributed by atoms with Gasteiger partial charge < -0.3 is 37.6 Å². The maximum Gasteiger partial charge on any atom is 2.00 e. The number of phenolic OH excluding ortho intramolecular Hbond substituents is 1. The van der Waals surface area contributed by atoms with E-state index in [4.69, 9.17) is 20.1 Å². The zero-order valence-corrected chi connectivity index (χ0v) is 28.4. The van der Waals surface area contributed by atoms with E-state index < -0.39 is 5.82 Å². The van der Waals surface area contributed by atoms with E-state index in [2.05, 4.69) is 54.8 Å². The van der Waals surface area contributed by atoms with Gasteiger partial charge in [0, 0.05) is 53.8 Å². The van der Waals surface area contributed by atoms with Gasteiger partial charge in [0.15, 0.2) is 0 Å². The Kier molecular flexibility index (Phi) is 14.5. The van der Waals surface area contributed by atoms with Gasteiger partial charge in [-0.05, 0) is 48.5 Å². The van der Waals surface area contributed by atoms with Crippen molar-refractivity contribution in [1.29, 1.82) is 5.26 Å². The van der Waals surface area contributed by atoms with Crippen LogP contribution in [0.15, 0.2) is 91.5 Å². The molecule has 50 heavy (non-hydrogen) atoms. The number of phenols is 1. The molecule has 248 valence electrons. The Bertz CT molecular complexity index is 2230. The number of H-pyrrole nitrogens is 1. The minimum absolute atomic E-state index is 0. The van der Waals surface area contributed by atoms with E-state index in [1.165, 1.54) is 35.1 Å². The normalized spacial score (nSPS) is 9.52. The molecule has 0 saturated carbocycles. The van der Waals surface area contributed by atoms with Gasteiger partial charge >= 0.3 is 19.5 Å². The number of aromatic amines is 1. The summed E-state index contributed by atoms with van der Waals surface area (Å²) in [5, 5.41) is 28.8. The molecular formula is C33H19FN8O5RuS2. The predicted octanol–water partition coefficient (Wildman–Crippen LogP) is 6.06. The summed E-state index contributed by atoms with van der Waals surface area (Å²) in [6.07, 6.45) is 6.43. The van der Waals surface area contributed by atoms with Crippen LogP contribution in [0.4, 0.5) is 4.39 Å². The molecule has 2 N–H and O–H groups in total. The Morgan fingerprint density at radius 1 is 0.840 bits per heavy atom. The van der Waals surface area contributed by atoms with E-state index >= 15 is 0 Å². The third kappa shape index (κ3) is 9.25. The summed E-state index contributed by atoms with van der Waals surface area (Å²) in [4.78, 5) is 45.5. The third-order valence-corrected chi connectivity index (χ3v) is 6.38. The topological polar surface area (TPSA) is 199 Å². The molecule has 0 amide bonds. The van der Waals surface area contributed by atoms with E-state index in [0.29, 0.717) is 47.2 Å². The number of imidazole rings is 1. The van der Waals surface area contributed by atoms with Gasteiger partial charge in [0.05, 0.1) is 39.0 Å². The first-order valence-corrected chi connectivity index (χ1v) is 14.4. The molecule has 0 atom stereocenters. The summed E-state index contributed by atoms with van der Waals surface area (Å²) in [6.45, 7) is 0.664. The first-order chi connectivity index (χ1) is 23.9. The molecule has 0 aliphatic carbocycles. The number of aromatic nitrogens is 6. The van der Waals surface area contributed by atoms with Gasteiger partial charge in [0.2, 0.25) is 0 Å². The maximum atomic E-state index is 13.3. The summed E-state index contributed by atoms with van der Waals surface area (Å²) in [6, 6.07) is 17.7. The Hall–Kier alpha value is -6.17. The number of ether oxygens (including phenoxy) is 2. The molecule has 0 aliphatic heterocycles. The Morgan fingerprint density at radius 3 is 1.88 bits per heavy atom. The minimum Gasteiger partial charge on any atom is -0.753 e. The van der Waals surface area contributed by atoms with Gasteiger partial charge in [-0.15, -0.1) is 0 Å². The van der Waals surface area contributed by atoms with Gasteiger partial charge in [-0.2, -0.15) is 5.16 Å². The van der Waals surface area contributed by atoms with E-state index in [1.54, 1.807) is 36.7 Å². The summed E-state index contributed by atoms with van der Waals surface area (Å²) in [5.41, 5.74) is 4.55. The van der Waals surface area contributed by atoms with Crippen LogP contribution in [0, 0.1) is 16.5 Å². The maximum absolute atomic E-state index is 13.3. The number of carbonyl (C=O) groups is 2. The molecule has 0 radical (unpaired) electrons. The average molecular weight is 792 g/mol. The smallest absolute Gasteiger partial charge is 0.753 e. The number of rotatable bonds is 6. The molecule has 17 heteroatoms. The fourth-order valence-electron chi connectivity index (χ4n) is 4.54. The van der Waals surface area contributed by atoms with Gasteiger partial charge in [-0.1, -0.05) is 17.6 Å². The van der Waals surface area contributed by atoms with Crippen molar-refractivity contribution >= 4 is 75.8 Å². The van der Waals surface area contributed by atoms with E-state index in [1.807, 2.05) is 24.3 Å². The van der Waals surface area contributed by atoms with Crippen molar-refractivity contribution in [3.05, 3.63) is 103 Å². The standard InChI is InChI=1S/C19H11FN4O.C12H8N2O4.CHNS.CNS.Ru/c20-10-5-6-11(14(25)9-10)19-23-17-12-3-1-7-21-15(12)16-13(18(17)24-19)4-2-8-22-16;15-7-17-9-1-3-13-11(5-9)12-6-10(18-8-16)2-4-14-12;2*2-1-3;/h1-9,25H,(H,23,24);1-8H;3H;;/q;;;-1;+2/p-1. The molecule has 0 aliphatic rings. The number of carbonyl (C=O) groups excluding carboxylic acids is 2. The van der Waals surface area contributed by atoms with E-state index in [0.717, 1.165) is 38.9 Å². The fourth-order valence-corrected chi connectivity index (χ4v) is 4.54. The number of aromatic hydroxyl groups is 1. The molecule has 7 rings (SSSR count). The van der Waals surface area contributed by atoms with E-state index in [-0.39, 0.29) is 25.2 Å². The fraction of sp³-hybridized carbons (Fsp3) is 0. The van der Waals surface area contributed by atoms with Crippen LogP contribution < -0.4 is 9.47 Å². The zero-order valence-electron chi connectivity index (χ0n) is 25.1. The summed E-state index contributed by atoms with van der Waals surface area (Å²) in [5.74, 6) is 0.525. The van der Waals surface area contributed by atoms with Crippen molar-refractivity contribution in [3.8, 4) is 45.4 Å². The van der Waals surface area contributed by atoms with Crippen LogP contribution in [0.1, 0.15) is 0 Å². The quantitative estimate of drug-likeness (QED) is 0.0375. The summed E-state index contributed by atoms with van der Waals surface area (Å²) >= 11 is 7.40. The van der Waals surface area contributed by atoms with Crippen molar-refractivity contribution in [2.45, 2.75) is 0 Å². The molecule has 5 heterocycles.